The van der Waals surface area contributed by atoms with Crippen molar-refractivity contribution in [3.63, 3.8) is 0 Å². The van der Waals surface area contributed by atoms with Gasteiger partial charge >= 0.3 is 0 Å². The number of unbranched alkanes of at least 4 members (excludes halogenated alkanes) is 1. The lowest BCUT2D eigenvalue weighted by molar-refractivity contribution is 0.311. The van der Waals surface area contributed by atoms with Crippen LogP contribution >= 0.6 is 0 Å². The summed E-state index contributed by atoms with van der Waals surface area (Å²) < 4.78 is 6.02. The Morgan fingerprint density at radius 2 is 1.18 bits per heavy atom. The van der Waals surface area contributed by atoms with Crippen LogP contribution in [0.15, 0.2) is 109 Å². The van der Waals surface area contributed by atoms with Gasteiger partial charge in [0.1, 0.15) is 11.9 Å². The quantitative estimate of drug-likeness (QED) is 0.224. The molecule has 0 saturated heterocycles. The maximum atomic E-state index is 6.02. The van der Waals surface area contributed by atoms with Crippen LogP contribution in [0.5, 0.6) is 5.75 Å². The number of ether oxygens (including phenoxy) is 1. The molecule has 4 rings (SSSR count). The molecular weight excluding hydrogens is 399 g/mol. The summed E-state index contributed by atoms with van der Waals surface area (Å²) in [5.41, 5.74) is 6.17. The van der Waals surface area contributed by atoms with Crippen molar-refractivity contribution in [2.24, 2.45) is 0 Å². The van der Waals surface area contributed by atoms with Crippen LogP contribution in [0.25, 0.3) is 0 Å². The van der Waals surface area contributed by atoms with Gasteiger partial charge in [0.15, 0.2) is 0 Å². The van der Waals surface area contributed by atoms with Crippen molar-refractivity contribution in [2.45, 2.75) is 26.7 Å². The third kappa shape index (κ3) is 5.21. The molecule has 0 aliphatic heterocycles. The zero-order chi connectivity index (χ0) is 22.9. The van der Waals surface area contributed by atoms with Crippen LogP contribution < -0.4 is 21.1 Å². The normalized spacial score (nSPS) is 10.8. The largest absolute Gasteiger partial charge is 0.493 e. The van der Waals surface area contributed by atoms with Crippen LogP contribution in [0, 0.1) is 25.6 Å². The third-order valence-electron chi connectivity index (χ3n) is 6.25. The maximum Gasteiger partial charge on any atom is 0.149 e. The molecule has 164 valence electrons. The first-order valence-electron chi connectivity index (χ1n) is 11.7. The zero-order valence-corrected chi connectivity index (χ0v) is 19.5. The molecule has 0 aliphatic carbocycles. The van der Waals surface area contributed by atoms with Gasteiger partial charge in [-0.2, -0.15) is 16.4 Å². The maximum absolute atomic E-state index is 6.02. The fourth-order valence-corrected chi connectivity index (χ4v) is 4.58. The van der Waals surface area contributed by atoms with E-state index >= 15 is 0 Å². The SMILES string of the molecule is Cc1ccc(OCCCC#C[B-](c2ccccc2)(c2ccccc2)c2ccccc2)c(C)c1. The highest BCUT2D eigenvalue weighted by Gasteiger charge is 2.27. The molecule has 0 bridgehead atoms. The first-order valence-corrected chi connectivity index (χ1v) is 11.7. The van der Waals surface area contributed by atoms with Gasteiger partial charge < -0.3 is 4.74 Å². The van der Waals surface area contributed by atoms with E-state index in [1.54, 1.807) is 0 Å². The molecule has 0 atom stereocenters. The molecule has 4 aromatic rings. The second-order valence-corrected chi connectivity index (χ2v) is 8.64. The van der Waals surface area contributed by atoms with E-state index in [4.69, 9.17) is 4.74 Å². The summed E-state index contributed by atoms with van der Waals surface area (Å²) in [6.45, 7) is 4.87. The molecule has 0 amide bonds. The highest BCUT2D eigenvalue weighted by Crippen LogP contribution is 2.19. The first-order chi connectivity index (χ1) is 16.2. The van der Waals surface area contributed by atoms with E-state index in [1.165, 1.54) is 27.5 Å². The van der Waals surface area contributed by atoms with Crippen LogP contribution in [0.1, 0.15) is 24.0 Å². The standard InChI is InChI=1S/C31H30BO/c1-26-21-22-31(27(2)25-26)33-24-14-6-13-23-32(28-15-7-3-8-16-28,29-17-9-4-10-18-29)30-19-11-5-12-20-30/h3-5,7-12,15-22,25H,6,14,24H2,1-2H3/q-1. The Bertz CT molecular complexity index is 1130. The van der Waals surface area contributed by atoms with Gasteiger partial charge in [-0.05, 0) is 31.9 Å². The Hall–Kier alpha value is -3.70. The van der Waals surface area contributed by atoms with Crippen LogP contribution in [0.2, 0.25) is 0 Å². The second kappa shape index (κ2) is 10.8. The van der Waals surface area contributed by atoms with Crippen LogP contribution in [0.4, 0.5) is 0 Å². The number of hydrogen-bond donors (Lipinski definition) is 0. The topological polar surface area (TPSA) is 9.23 Å². The molecule has 0 heterocycles. The predicted octanol–water partition coefficient (Wildman–Crippen LogP) is 5.18. The summed E-state index contributed by atoms with van der Waals surface area (Å²) in [6, 6.07) is 38.4. The molecule has 0 fully saturated rings. The van der Waals surface area contributed by atoms with E-state index in [9.17, 15) is 0 Å². The highest BCUT2D eigenvalue weighted by atomic mass is 16.5. The van der Waals surface area contributed by atoms with Gasteiger partial charge in [-0.25, -0.2) is 0 Å². The molecular formula is C31H30BO-. The van der Waals surface area contributed by atoms with E-state index in [1.807, 2.05) is 0 Å². The van der Waals surface area contributed by atoms with Gasteiger partial charge in [-0.15, -0.1) is 5.92 Å². The van der Waals surface area contributed by atoms with E-state index in [0.29, 0.717) is 6.61 Å². The number of benzene rings is 4. The zero-order valence-electron chi connectivity index (χ0n) is 19.5. The molecule has 4 aromatic carbocycles. The summed E-state index contributed by atoms with van der Waals surface area (Å²) >= 11 is 0. The average molecular weight is 429 g/mol. The summed E-state index contributed by atoms with van der Waals surface area (Å²) in [4.78, 5) is 0. The van der Waals surface area contributed by atoms with Gasteiger partial charge in [0.2, 0.25) is 0 Å². The minimum atomic E-state index is -1.39. The lowest BCUT2D eigenvalue weighted by atomic mass is 9.16. The molecule has 0 radical (unpaired) electrons. The molecule has 1 nitrogen and oxygen atoms in total. The van der Waals surface area contributed by atoms with Crippen molar-refractivity contribution in [1.82, 2.24) is 0 Å². The molecule has 0 saturated carbocycles. The lowest BCUT2D eigenvalue weighted by Gasteiger charge is -2.38. The molecule has 33 heavy (non-hydrogen) atoms. The third-order valence-corrected chi connectivity index (χ3v) is 6.25. The number of aryl methyl sites for hydroxylation is 2. The molecule has 0 spiro atoms. The second-order valence-electron chi connectivity index (χ2n) is 8.64. The van der Waals surface area contributed by atoms with Gasteiger partial charge in [0, 0.05) is 6.42 Å². The highest BCUT2D eigenvalue weighted by molar-refractivity contribution is 7.16. The summed E-state index contributed by atoms with van der Waals surface area (Å²) in [5.74, 6) is 8.25. The van der Waals surface area contributed by atoms with Gasteiger partial charge in [-0.3, -0.25) is 5.82 Å². The lowest BCUT2D eigenvalue weighted by Crippen LogP contribution is -2.66. The monoisotopic (exact) mass is 429 g/mol. The molecule has 2 heteroatoms. The Morgan fingerprint density at radius 3 is 1.67 bits per heavy atom. The average Bonchev–Trinajstić information content (AvgIpc) is 2.86. The van der Waals surface area contributed by atoms with Gasteiger partial charge in [0.05, 0.1) is 6.61 Å². The van der Waals surface area contributed by atoms with Crippen molar-refractivity contribution in [2.75, 3.05) is 6.61 Å². The predicted molar refractivity (Wildman–Crippen MR) is 142 cm³/mol. The smallest absolute Gasteiger partial charge is 0.149 e. The van der Waals surface area contributed by atoms with Crippen molar-refractivity contribution in [3.05, 3.63) is 120 Å². The van der Waals surface area contributed by atoms with E-state index < -0.39 is 6.15 Å². The van der Waals surface area contributed by atoms with E-state index in [2.05, 4.69) is 135 Å². The fraction of sp³-hybridized carbons (Fsp3) is 0.161. The summed E-state index contributed by atoms with van der Waals surface area (Å²) in [5, 5.41) is 0. The Morgan fingerprint density at radius 1 is 0.667 bits per heavy atom. The molecule has 0 N–H and O–H groups in total. The van der Waals surface area contributed by atoms with Crippen LogP contribution in [-0.4, -0.2) is 12.8 Å². The minimum Gasteiger partial charge on any atom is -0.493 e. The van der Waals surface area contributed by atoms with E-state index in [0.717, 1.165) is 18.6 Å². The van der Waals surface area contributed by atoms with Crippen LogP contribution in [0.3, 0.4) is 0 Å². The van der Waals surface area contributed by atoms with Crippen molar-refractivity contribution in [1.29, 1.82) is 0 Å². The number of hydrogen-bond acceptors (Lipinski definition) is 1. The van der Waals surface area contributed by atoms with Crippen molar-refractivity contribution >= 4 is 22.5 Å². The molecule has 0 unspecified atom stereocenters. The van der Waals surface area contributed by atoms with Crippen LogP contribution in [-0.2, 0) is 0 Å². The van der Waals surface area contributed by atoms with Gasteiger partial charge in [0.25, 0.3) is 0 Å². The van der Waals surface area contributed by atoms with Gasteiger partial charge in [-0.1, -0.05) is 109 Å². The van der Waals surface area contributed by atoms with Crippen molar-refractivity contribution in [3.8, 4) is 17.5 Å². The number of rotatable bonds is 7. The summed E-state index contributed by atoms with van der Waals surface area (Å²) in [6.07, 6.45) is 0.293. The minimum absolute atomic E-state index is 0.667. The Balaban J connectivity index is 1.61. The molecule has 0 aromatic heterocycles. The Kier molecular flexibility index (Phi) is 7.33. The fourth-order valence-electron chi connectivity index (χ4n) is 4.58. The summed E-state index contributed by atoms with van der Waals surface area (Å²) in [7, 11) is 0. The van der Waals surface area contributed by atoms with Crippen molar-refractivity contribution < 1.29 is 4.74 Å². The molecule has 0 aliphatic rings. The Labute approximate surface area is 198 Å². The first kappa shape index (κ1) is 22.5. The van der Waals surface area contributed by atoms with E-state index in [-0.39, 0.29) is 0 Å².